The Labute approximate surface area is 50.5 Å². The molecule has 0 aliphatic carbocycles. The zero-order valence-corrected chi connectivity index (χ0v) is 5.44. The summed E-state index contributed by atoms with van der Waals surface area (Å²) in [6.07, 6.45) is 2.02. The highest BCUT2D eigenvalue weighted by Crippen LogP contribution is 1.91. The van der Waals surface area contributed by atoms with Crippen LogP contribution in [0.1, 0.15) is 19.8 Å². The lowest BCUT2D eigenvalue weighted by atomic mass is 10.2. The average molecular weight is 112 g/mol. The van der Waals surface area contributed by atoms with Gasteiger partial charge in [-0.1, -0.05) is 13.3 Å². The molecule has 0 aromatic heterocycles. The van der Waals surface area contributed by atoms with Crippen LogP contribution in [0.2, 0.25) is 0 Å². The summed E-state index contributed by atoms with van der Waals surface area (Å²) < 4.78 is 0. The Hall–Kier alpha value is -0.550. The maximum absolute atomic E-state index is 8.34. The summed E-state index contributed by atoms with van der Waals surface area (Å²) in [5, 5.41) is 11.2. The van der Waals surface area contributed by atoms with Crippen molar-refractivity contribution in [2.75, 3.05) is 7.05 Å². The van der Waals surface area contributed by atoms with Crippen molar-refractivity contribution >= 4 is 0 Å². The lowest BCUT2D eigenvalue weighted by Gasteiger charge is -2.02. The molecule has 8 heavy (non-hydrogen) atoms. The topological polar surface area (TPSA) is 35.8 Å². The normalized spacial score (nSPS) is 12.6. The molecular weight excluding hydrogens is 100 g/mol. The van der Waals surface area contributed by atoms with E-state index in [1.165, 1.54) is 0 Å². The molecule has 0 rings (SSSR count). The Balaban J connectivity index is 3.26. The molecule has 0 fully saturated rings. The van der Waals surface area contributed by atoms with E-state index in [1.54, 1.807) is 0 Å². The Kier molecular flexibility index (Phi) is 4.29. The van der Waals surface area contributed by atoms with Crippen molar-refractivity contribution in [3.8, 4) is 6.07 Å². The first-order valence-corrected chi connectivity index (χ1v) is 2.92. The number of nitriles is 1. The minimum Gasteiger partial charge on any atom is -0.305 e. The second kappa shape index (κ2) is 4.61. The molecule has 0 amide bonds. The quantitative estimate of drug-likeness (QED) is 0.588. The van der Waals surface area contributed by atoms with E-state index in [1.807, 2.05) is 7.05 Å². The van der Waals surface area contributed by atoms with Gasteiger partial charge < -0.3 is 5.32 Å². The zero-order valence-electron chi connectivity index (χ0n) is 5.44. The fourth-order valence-electron chi connectivity index (χ4n) is 0.562. The third kappa shape index (κ3) is 2.59. The number of hydrogen-bond donors (Lipinski definition) is 1. The van der Waals surface area contributed by atoms with Gasteiger partial charge in [-0.15, -0.1) is 0 Å². The summed E-state index contributed by atoms with van der Waals surface area (Å²) in [6, 6.07) is 2.20. The summed E-state index contributed by atoms with van der Waals surface area (Å²) >= 11 is 0. The Morgan fingerprint density at radius 1 is 1.75 bits per heavy atom. The van der Waals surface area contributed by atoms with Crippen molar-refractivity contribution in [3.05, 3.63) is 0 Å². The minimum atomic E-state index is 0.0556. The molecule has 0 saturated carbocycles. The van der Waals surface area contributed by atoms with Crippen molar-refractivity contribution in [2.45, 2.75) is 25.8 Å². The molecule has 1 N–H and O–H groups in total. The van der Waals surface area contributed by atoms with Crippen LogP contribution in [-0.2, 0) is 0 Å². The Bertz CT molecular complexity index is 83.0. The molecule has 0 radical (unpaired) electrons. The van der Waals surface area contributed by atoms with Crippen LogP contribution in [0.3, 0.4) is 0 Å². The van der Waals surface area contributed by atoms with Crippen molar-refractivity contribution in [3.63, 3.8) is 0 Å². The molecule has 0 bridgehead atoms. The van der Waals surface area contributed by atoms with Crippen molar-refractivity contribution in [2.24, 2.45) is 0 Å². The van der Waals surface area contributed by atoms with Crippen LogP contribution in [0, 0.1) is 11.3 Å². The van der Waals surface area contributed by atoms with E-state index in [0.29, 0.717) is 0 Å². The van der Waals surface area contributed by atoms with Crippen LogP contribution >= 0.6 is 0 Å². The third-order valence-electron chi connectivity index (χ3n) is 1.08. The van der Waals surface area contributed by atoms with Crippen LogP contribution < -0.4 is 5.32 Å². The summed E-state index contributed by atoms with van der Waals surface area (Å²) in [5.74, 6) is 0. The second-order valence-corrected chi connectivity index (χ2v) is 1.76. The molecule has 0 heterocycles. The minimum absolute atomic E-state index is 0.0556. The predicted octanol–water partition coefficient (Wildman–Crippen LogP) is 0.898. The fraction of sp³-hybridized carbons (Fsp3) is 0.833. The fourth-order valence-corrected chi connectivity index (χ4v) is 0.562. The summed E-state index contributed by atoms with van der Waals surface area (Å²) in [4.78, 5) is 0. The monoisotopic (exact) mass is 112 g/mol. The summed E-state index contributed by atoms with van der Waals surface area (Å²) in [7, 11) is 1.81. The Morgan fingerprint density at radius 2 is 2.38 bits per heavy atom. The first kappa shape index (κ1) is 7.45. The highest BCUT2D eigenvalue weighted by molar-refractivity contribution is 4.87. The van der Waals surface area contributed by atoms with Gasteiger partial charge in [0.1, 0.15) is 0 Å². The highest BCUT2D eigenvalue weighted by atomic mass is 14.9. The van der Waals surface area contributed by atoms with Crippen molar-refractivity contribution in [1.29, 1.82) is 5.26 Å². The van der Waals surface area contributed by atoms with Gasteiger partial charge in [0.15, 0.2) is 0 Å². The molecule has 1 atom stereocenters. The molecule has 46 valence electrons. The lowest BCUT2D eigenvalue weighted by molar-refractivity contribution is 0.614. The molecule has 0 saturated heterocycles. The number of nitrogens with one attached hydrogen (secondary N) is 1. The maximum Gasteiger partial charge on any atom is 0.0950 e. The number of hydrogen-bond acceptors (Lipinski definition) is 2. The van der Waals surface area contributed by atoms with Gasteiger partial charge in [-0.05, 0) is 13.5 Å². The zero-order chi connectivity index (χ0) is 6.41. The van der Waals surface area contributed by atoms with Crippen LogP contribution in [0.4, 0.5) is 0 Å². The maximum atomic E-state index is 8.34. The molecule has 0 aromatic rings. The van der Waals surface area contributed by atoms with Crippen LogP contribution in [0.15, 0.2) is 0 Å². The van der Waals surface area contributed by atoms with E-state index >= 15 is 0 Å². The summed E-state index contributed by atoms with van der Waals surface area (Å²) in [5.41, 5.74) is 0. The smallest absolute Gasteiger partial charge is 0.0950 e. The van der Waals surface area contributed by atoms with E-state index in [9.17, 15) is 0 Å². The van der Waals surface area contributed by atoms with Crippen molar-refractivity contribution < 1.29 is 0 Å². The molecule has 0 aromatic carbocycles. The van der Waals surface area contributed by atoms with Crippen molar-refractivity contribution in [1.82, 2.24) is 5.32 Å². The van der Waals surface area contributed by atoms with Gasteiger partial charge in [-0.2, -0.15) is 5.26 Å². The molecule has 1 unspecified atom stereocenters. The first-order chi connectivity index (χ1) is 3.85. The van der Waals surface area contributed by atoms with Crippen LogP contribution in [0.25, 0.3) is 0 Å². The van der Waals surface area contributed by atoms with Gasteiger partial charge in [-0.3, -0.25) is 0 Å². The standard InChI is InChI=1S/C6H12N2/c1-3-4-6(5-7)8-2/h6,8H,3-4H2,1-2H3. The van der Waals surface area contributed by atoms with Crippen LogP contribution in [-0.4, -0.2) is 13.1 Å². The van der Waals surface area contributed by atoms with Crippen LogP contribution in [0.5, 0.6) is 0 Å². The molecule has 0 spiro atoms. The molecular formula is C6H12N2. The van der Waals surface area contributed by atoms with Gasteiger partial charge in [0.25, 0.3) is 0 Å². The molecule has 0 aliphatic heterocycles. The molecule has 2 heteroatoms. The SMILES string of the molecule is CCCC(C#N)NC. The average Bonchev–Trinajstić information content (AvgIpc) is 1.83. The lowest BCUT2D eigenvalue weighted by Crippen LogP contribution is -2.22. The van der Waals surface area contributed by atoms with E-state index < -0.39 is 0 Å². The van der Waals surface area contributed by atoms with E-state index in [0.717, 1.165) is 12.8 Å². The van der Waals surface area contributed by atoms with E-state index in [-0.39, 0.29) is 6.04 Å². The van der Waals surface area contributed by atoms with Gasteiger partial charge in [0, 0.05) is 0 Å². The second-order valence-electron chi connectivity index (χ2n) is 1.76. The number of nitrogens with zero attached hydrogens (tertiary/aromatic N) is 1. The van der Waals surface area contributed by atoms with Gasteiger partial charge in [-0.25, -0.2) is 0 Å². The van der Waals surface area contributed by atoms with E-state index in [2.05, 4.69) is 18.3 Å². The Morgan fingerprint density at radius 3 is 2.50 bits per heavy atom. The molecule has 2 nitrogen and oxygen atoms in total. The highest BCUT2D eigenvalue weighted by Gasteiger charge is 1.98. The summed E-state index contributed by atoms with van der Waals surface area (Å²) in [6.45, 7) is 2.07. The predicted molar refractivity (Wildman–Crippen MR) is 33.4 cm³/mol. The number of rotatable bonds is 3. The van der Waals surface area contributed by atoms with E-state index in [4.69, 9.17) is 5.26 Å². The van der Waals surface area contributed by atoms with Gasteiger partial charge >= 0.3 is 0 Å². The van der Waals surface area contributed by atoms with Gasteiger partial charge in [0.2, 0.25) is 0 Å². The molecule has 0 aliphatic rings. The largest absolute Gasteiger partial charge is 0.305 e. The van der Waals surface area contributed by atoms with Gasteiger partial charge in [0.05, 0.1) is 12.1 Å². The third-order valence-corrected chi connectivity index (χ3v) is 1.08. The first-order valence-electron chi connectivity index (χ1n) is 2.92.